The fourth-order valence-corrected chi connectivity index (χ4v) is 3.23. The van der Waals surface area contributed by atoms with E-state index in [1.807, 2.05) is 29.8 Å². The van der Waals surface area contributed by atoms with E-state index in [2.05, 4.69) is 27.0 Å². The van der Waals surface area contributed by atoms with E-state index < -0.39 is 0 Å². The number of aryl methyl sites for hydroxylation is 1. The molecule has 0 bridgehead atoms. The molecule has 0 radical (unpaired) electrons. The second kappa shape index (κ2) is 6.64. The van der Waals surface area contributed by atoms with E-state index in [1.54, 1.807) is 18.6 Å². The van der Waals surface area contributed by atoms with Gasteiger partial charge in [-0.1, -0.05) is 30.3 Å². The number of imidazole rings is 1. The largest absolute Gasteiger partial charge is 0.457 e. The molecule has 1 aliphatic rings. The number of likely N-dealkylation sites (tertiary alicyclic amines) is 1. The Morgan fingerprint density at radius 1 is 1.28 bits per heavy atom. The van der Waals surface area contributed by atoms with Gasteiger partial charge in [0.1, 0.15) is 11.6 Å². The van der Waals surface area contributed by atoms with Crippen LogP contribution in [0.2, 0.25) is 0 Å². The van der Waals surface area contributed by atoms with E-state index in [4.69, 9.17) is 4.74 Å². The van der Waals surface area contributed by atoms with E-state index in [1.165, 1.54) is 5.56 Å². The van der Waals surface area contributed by atoms with E-state index in [0.717, 1.165) is 31.7 Å². The first-order chi connectivity index (χ1) is 12.2. The number of fused-ring (bicyclic) bond motifs is 1. The molecule has 0 aliphatic carbocycles. The molecular weight excluding hydrogens is 316 g/mol. The zero-order chi connectivity index (χ0) is 17.2. The van der Waals surface area contributed by atoms with Crippen LogP contribution in [0.25, 0.3) is 11.2 Å². The predicted molar refractivity (Wildman–Crippen MR) is 94.0 cm³/mol. The molecule has 0 N–H and O–H groups in total. The normalized spacial score (nSPS) is 17.9. The highest BCUT2D eigenvalue weighted by Gasteiger charge is 2.26. The third-order valence-corrected chi connectivity index (χ3v) is 4.54. The van der Waals surface area contributed by atoms with Gasteiger partial charge in [0, 0.05) is 32.9 Å². The minimum atomic E-state index is -0.327. The van der Waals surface area contributed by atoms with Crippen molar-refractivity contribution in [3.05, 3.63) is 60.0 Å². The third-order valence-electron chi connectivity index (χ3n) is 4.54. The second-order valence-electron chi connectivity index (χ2n) is 6.46. The summed E-state index contributed by atoms with van der Waals surface area (Å²) in [5.74, 6) is -0.327. The van der Waals surface area contributed by atoms with Crippen molar-refractivity contribution in [2.45, 2.75) is 19.1 Å². The molecule has 3 aromatic rings. The molecule has 1 saturated heterocycles. The second-order valence-corrected chi connectivity index (χ2v) is 6.46. The molecule has 1 aromatic carbocycles. The topological polar surface area (TPSA) is 60.3 Å². The first kappa shape index (κ1) is 15.8. The number of hydrogen-bond donors (Lipinski definition) is 0. The molecule has 6 nitrogen and oxygen atoms in total. The molecule has 4 rings (SSSR count). The van der Waals surface area contributed by atoms with Gasteiger partial charge in [0.25, 0.3) is 0 Å². The first-order valence-corrected chi connectivity index (χ1v) is 8.43. The molecule has 1 aliphatic heterocycles. The first-order valence-electron chi connectivity index (χ1n) is 8.43. The Labute approximate surface area is 146 Å². The average molecular weight is 336 g/mol. The molecular formula is C19H20N4O2. The highest BCUT2D eigenvalue weighted by molar-refractivity contribution is 5.92. The molecule has 2 aromatic heterocycles. The smallest absolute Gasteiger partial charge is 0.340 e. The van der Waals surface area contributed by atoms with Gasteiger partial charge in [0.05, 0.1) is 11.9 Å². The Bertz CT molecular complexity index is 891. The number of ether oxygens (including phenoxy) is 1. The monoisotopic (exact) mass is 336 g/mol. The Hall–Kier alpha value is -2.73. The molecule has 3 heterocycles. The standard InChI is InChI=1S/C19H20N4O2/c1-22-13-21-17-9-15(10-20-18(17)22)19(24)25-16-7-8-23(12-16)11-14-5-3-2-4-6-14/h2-6,9-10,13,16H,7-8,11-12H2,1H3/t16-/m1/s1. The third kappa shape index (κ3) is 3.39. The summed E-state index contributed by atoms with van der Waals surface area (Å²) in [6.45, 7) is 2.58. The minimum absolute atomic E-state index is 0.0735. The van der Waals surface area contributed by atoms with Crippen LogP contribution in [0, 0.1) is 0 Å². The molecule has 1 fully saturated rings. The van der Waals surface area contributed by atoms with Gasteiger partial charge < -0.3 is 9.30 Å². The number of esters is 1. The number of rotatable bonds is 4. The minimum Gasteiger partial charge on any atom is -0.457 e. The van der Waals surface area contributed by atoms with Gasteiger partial charge in [-0.15, -0.1) is 0 Å². The number of carbonyl (C=O) groups is 1. The zero-order valence-electron chi connectivity index (χ0n) is 14.1. The lowest BCUT2D eigenvalue weighted by atomic mass is 10.2. The highest BCUT2D eigenvalue weighted by Crippen LogP contribution is 2.18. The molecule has 0 unspecified atom stereocenters. The summed E-state index contributed by atoms with van der Waals surface area (Å²) >= 11 is 0. The number of benzene rings is 1. The molecule has 0 spiro atoms. The van der Waals surface area contributed by atoms with Crippen molar-refractivity contribution in [3.63, 3.8) is 0 Å². The van der Waals surface area contributed by atoms with E-state index >= 15 is 0 Å². The van der Waals surface area contributed by atoms with Crippen molar-refractivity contribution in [2.24, 2.45) is 7.05 Å². The van der Waals surface area contributed by atoms with Crippen molar-refractivity contribution < 1.29 is 9.53 Å². The van der Waals surface area contributed by atoms with E-state index in [0.29, 0.717) is 11.1 Å². The lowest BCUT2D eigenvalue weighted by Gasteiger charge is -2.16. The molecule has 6 heteroatoms. The number of carbonyl (C=O) groups excluding carboxylic acids is 1. The lowest BCUT2D eigenvalue weighted by Crippen LogP contribution is -2.24. The van der Waals surface area contributed by atoms with Gasteiger partial charge >= 0.3 is 5.97 Å². The summed E-state index contributed by atoms with van der Waals surface area (Å²) in [5, 5.41) is 0. The van der Waals surface area contributed by atoms with Crippen molar-refractivity contribution >= 4 is 17.1 Å². The summed E-state index contributed by atoms with van der Waals surface area (Å²) in [6, 6.07) is 12.1. The molecule has 0 saturated carbocycles. The van der Waals surface area contributed by atoms with Crippen molar-refractivity contribution in [1.82, 2.24) is 19.4 Å². The Kier molecular flexibility index (Phi) is 4.19. The van der Waals surface area contributed by atoms with Gasteiger partial charge in [0.2, 0.25) is 0 Å². The van der Waals surface area contributed by atoms with Gasteiger partial charge in [0.15, 0.2) is 5.65 Å². The molecule has 1 atom stereocenters. The summed E-state index contributed by atoms with van der Waals surface area (Å²) in [6.07, 6.45) is 4.03. The number of aromatic nitrogens is 3. The maximum atomic E-state index is 12.4. The summed E-state index contributed by atoms with van der Waals surface area (Å²) in [4.78, 5) is 23.2. The van der Waals surface area contributed by atoms with Crippen LogP contribution in [0.4, 0.5) is 0 Å². The van der Waals surface area contributed by atoms with Gasteiger partial charge in [-0.25, -0.2) is 14.8 Å². The van der Waals surface area contributed by atoms with Crippen LogP contribution in [0.3, 0.4) is 0 Å². The fourth-order valence-electron chi connectivity index (χ4n) is 3.23. The van der Waals surface area contributed by atoms with Crippen molar-refractivity contribution in [2.75, 3.05) is 13.1 Å². The Balaban J connectivity index is 1.37. The van der Waals surface area contributed by atoms with Crippen LogP contribution in [-0.2, 0) is 18.3 Å². The summed E-state index contributed by atoms with van der Waals surface area (Å²) in [7, 11) is 1.88. The zero-order valence-corrected chi connectivity index (χ0v) is 14.1. The quantitative estimate of drug-likeness (QED) is 0.685. The predicted octanol–water partition coefficient (Wildman–Crippen LogP) is 2.40. The lowest BCUT2D eigenvalue weighted by molar-refractivity contribution is 0.0320. The van der Waals surface area contributed by atoms with Crippen LogP contribution >= 0.6 is 0 Å². The van der Waals surface area contributed by atoms with Crippen molar-refractivity contribution in [1.29, 1.82) is 0 Å². The van der Waals surface area contributed by atoms with E-state index in [9.17, 15) is 4.79 Å². The SMILES string of the molecule is Cn1cnc2cc(C(=O)O[C@@H]3CCN(Cc4ccccc4)C3)cnc21. The van der Waals surface area contributed by atoms with Crippen LogP contribution in [-0.4, -0.2) is 44.6 Å². The van der Waals surface area contributed by atoms with Gasteiger partial charge in [-0.05, 0) is 18.1 Å². The van der Waals surface area contributed by atoms with Gasteiger partial charge in [-0.2, -0.15) is 0 Å². The highest BCUT2D eigenvalue weighted by atomic mass is 16.5. The Morgan fingerprint density at radius 3 is 2.96 bits per heavy atom. The number of nitrogens with zero attached hydrogens (tertiary/aromatic N) is 4. The Morgan fingerprint density at radius 2 is 2.12 bits per heavy atom. The van der Waals surface area contributed by atoms with Crippen LogP contribution < -0.4 is 0 Å². The van der Waals surface area contributed by atoms with Crippen LogP contribution in [0.15, 0.2) is 48.9 Å². The van der Waals surface area contributed by atoms with E-state index in [-0.39, 0.29) is 12.1 Å². The summed E-state index contributed by atoms with van der Waals surface area (Å²) < 4.78 is 7.49. The fraction of sp³-hybridized carbons (Fsp3) is 0.316. The average Bonchev–Trinajstić information content (AvgIpc) is 3.22. The summed E-state index contributed by atoms with van der Waals surface area (Å²) in [5.41, 5.74) is 3.19. The number of hydrogen-bond acceptors (Lipinski definition) is 5. The molecule has 25 heavy (non-hydrogen) atoms. The molecule has 0 amide bonds. The number of pyridine rings is 1. The van der Waals surface area contributed by atoms with Crippen molar-refractivity contribution in [3.8, 4) is 0 Å². The van der Waals surface area contributed by atoms with Crippen LogP contribution in [0.5, 0.6) is 0 Å². The maximum absolute atomic E-state index is 12.4. The van der Waals surface area contributed by atoms with Crippen LogP contribution in [0.1, 0.15) is 22.3 Å². The molecule has 128 valence electrons. The maximum Gasteiger partial charge on any atom is 0.340 e. The van der Waals surface area contributed by atoms with Gasteiger partial charge in [-0.3, -0.25) is 4.90 Å².